The molecule has 0 amide bonds. The van der Waals surface area contributed by atoms with Gasteiger partial charge in [-0.15, -0.1) is 0 Å². The summed E-state index contributed by atoms with van der Waals surface area (Å²) in [7, 11) is 0. The molecule has 1 fully saturated rings. The lowest BCUT2D eigenvalue weighted by Gasteiger charge is -2.36. The lowest BCUT2D eigenvalue weighted by molar-refractivity contribution is 0.128. The Morgan fingerprint density at radius 2 is 1.67 bits per heavy atom. The molecule has 2 atom stereocenters. The molecule has 0 bridgehead atoms. The Morgan fingerprint density at radius 1 is 1.07 bits per heavy atom. The molecule has 1 heterocycles. The summed E-state index contributed by atoms with van der Waals surface area (Å²) in [6, 6.07) is 0.801. The van der Waals surface area contributed by atoms with Crippen molar-refractivity contribution in [2.45, 2.75) is 65.8 Å². The Labute approximate surface area is 96.2 Å². The molecule has 1 saturated heterocycles. The molecule has 1 nitrogen and oxygen atoms in total. The Balaban J connectivity index is 2.23. The Kier molecular flexibility index (Phi) is 5.66. The van der Waals surface area contributed by atoms with Crippen molar-refractivity contribution in [2.24, 2.45) is 11.8 Å². The van der Waals surface area contributed by atoms with E-state index in [0.29, 0.717) is 0 Å². The summed E-state index contributed by atoms with van der Waals surface area (Å²) >= 11 is 0. The second-order valence-corrected chi connectivity index (χ2v) is 5.49. The number of hydrogen-bond acceptors (Lipinski definition) is 1. The molecular formula is C14H29N. The largest absolute Gasteiger partial charge is 0.301 e. The number of rotatable bonds is 5. The predicted octanol–water partition coefficient (Wildman–Crippen LogP) is 3.93. The molecule has 15 heavy (non-hydrogen) atoms. The van der Waals surface area contributed by atoms with Gasteiger partial charge in [0, 0.05) is 6.04 Å². The number of likely N-dealkylation sites (tertiary alicyclic amines) is 1. The van der Waals surface area contributed by atoms with Crippen molar-refractivity contribution in [3.8, 4) is 0 Å². The fourth-order valence-corrected chi connectivity index (χ4v) is 2.62. The molecule has 2 unspecified atom stereocenters. The van der Waals surface area contributed by atoms with Crippen molar-refractivity contribution in [3.63, 3.8) is 0 Å². The second-order valence-electron chi connectivity index (χ2n) is 5.49. The van der Waals surface area contributed by atoms with Crippen LogP contribution in [0.4, 0.5) is 0 Å². The molecule has 1 heteroatoms. The van der Waals surface area contributed by atoms with Crippen molar-refractivity contribution in [1.82, 2.24) is 4.90 Å². The minimum Gasteiger partial charge on any atom is -0.301 e. The quantitative estimate of drug-likeness (QED) is 0.666. The van der Waals surface area contributed by atoms with Crippen LogP contribution in [0.3, 0.4) is 0 Å². The maximum Gasteiger partial charge on any atom is 0.00643 e. The molecule has 1 rings (SSSR count). The zero-order valence-electron chi connectivity index (χ0n) is 11.1. The van der Waals surface area contributed by atoms with Crippen molar-refractivity contribution in [1.29, 1.82) is 0 Å². The summed E-state index contributed by atoms with van der Waals surface area (Å²) < 4.78 is 0. The minimum atomic E-state index is 0.801. The fraction of sp³-hybridized carbons (Fsp3) is 1.00. The molecule has 0 saturated carbocycles. The van der Waals surface area contributed by atoms with E-state index in [2.05, 4.69) is 32.6 Å². The van der Waals surface area contributed by atoms with Crippen LogP contribution in [0.2, 0.25) is 0 Å². The average molecular weight is 211 g/mol. The first kappa shape index (κ1) is 13.0. The van der Waals surface area contributed by atoms with Gasteiger partial charge in [0.1, 0.15) is 0 Å². The first-order valence-corrected chi connectivity index (χ1v) is 6.91. The smallest absolute Gasteiger partial charge is 0.00643 e. The Morgan fingerprint density at radius 3 is 2.13 bits per heavy atom. The van der Waals surface area contributed by atoms with Gasteiger partial charge in [0.05, 0.1) is 0 Å². The van der Waals surface area contributed by atoms with Crippen LogP contribution in [0.5, 0.6) is 0 Å². The van der Waals surface area contributed by atoms with Crippen LogP contribution in [0.15, 0.2) is 0 Å². The lowest BCUT2D eigenvalue weighted by atomic mass is 9.86. The standard InChI is InChI=1S/C14H29N/c1-5-12(3)11-14-7-9-15(10-8-14)13(4)6-2/h12-14H,5-11H2,1-4H3. The molecule has 90 valence electrons. The van der Waals surface area contributed by atoms with Crippen molar-refractivity contribution in [3.05, 3.63) is 0 Å². The van der Waals surface area contributed by atoms with Gasteiger partial charge in [-0.1, -0.05) is 27.2 Å². The van der Waals surface area contributed by atoms with E-state index in [1.807, 2.05) is 0 Å². The van der Waals surface area contributed by atoms with Gasteiger partial charge >= 0.3 is 0 Å². The van der Waals surface area contributed by atoms with Gasteiger partial charge in [0.25, 0.3) is 0 Å². The van der Waals surface area contributed by atoms with Gasteiger partial charge in [-0.3, -0.25) is 0 Å². The number of nitrogens with zero attached hydrogens (tertiary/aromatic N) is 1. The van der Waals surface area contributed by atoms with E-state index in [9.17, 15) is 0 Å². The van der Waals surface area contributed by atoms with Crippen LogP contribution in [0, 0.1) is 11.8 Å². The lowest BCUT2D eigenvalue weighted by Crippen LogP contribution is -2.39. The highest BCUT2D eigenvalue weighted by Gasteiger charge is 2.22. The van der Waals surface area contributed by atoms with Crippen LogP contribution in [0.1, 0.15) is 59.8 Å². The number of piperidine rings is 1. The SMILES string of the molecule is CCC(C)CC1CCN(C(C)CC)CC1. The number of hydrogen-bond donors (Lipinski definition) is 0. The van der Waals surface area contributed by atoms with E-state index >= 15 is 0 Å². The van der Waals surface area contributed by atoms with Gasteiger partial charge in [-0.25, -0.2) is 0 Å². The van der Waals surface area contributed by atoms with Crippen LogP contribution < -0.4 is 0 Å². The third-order valence-corrected chi connectivity index (χ3v) is 4.30. The average Bonchev–Trinajstić information content (AvgIpc) is 2.29. The Hall–Kier alpha value is -0.0400. The van der Waals surface area contributed by atoms with Crippen molar-refractivity contribution in [2.75, 3.05) is 13.1 Å². The highest BCUT2D eigenvalue weighted by Crippen LogP contribution is 2.26. The molecule has 0 aromatic heterocycles. The van der Waals surface area contributed by atoms with Gasteiger partial charge in [0.2, 0.25) is 0 Å². The van der Waals surface area contributed by atoms with Crippen LogP contribution in [0.25, 0.3) is 0 Å². The third kappa shape index (κ3) is 4.14. The van der Waals surface area contributed by atoms with Gasteiger partial charge in [-0.2, -0.15) is 0 Å². The summed E-state index contributed by atoms with van der Waals surface area (Å²) in [4.78, 5) is 2.67. The molecule has 1 aliphatic heterocycles. The van der Waals surface area contributed by atoms with E-state index in [1.165, 1.54) is 45.2 Å². The topological polar surface area (TPSA) is 3.24 Å². The van der Waals surface area contributed by atoms with E-state index < -0.39 is 0 Å². The van der Waals surface area contributed by atoms with Gasteiger partial charge < -0.3 is 4.90 Å². The molecule has 0 aliphatic carbocycles. The van der Waals surface area contributed by atoms with Crippen molar-refractivity contribution < 1.29 is 0 Å². The Bertz CT molecular complexity index is 159. The molecule has 0 radical (unpaired) electrons. The predicted molar refractivity (Wildman–Crippen MR) is 68.1 cm³/mol. The second kappa shape index (κ2) is 6.52. The summed E-state index contributed by atoms with van der Waals surface area (Å²) in [6.45, 7) is 12.1. The van der Waals surface area contributed by atoms with Gasteiger partial charge in [0.15, 0.2) is 0 Å². The molecule has 0 aromatic rings. The maximum atomic E-state index is 2.67. The zero-order chi connectivity index (χ0) is 11.3. The first-order chi connectivity index (χ1) is 7.17. The van der Waals surface area contributed by atoms with Gasteiger partial charge in [-0.05, 0) is 57.5 Å². The highest BCUT2D eigenvalue weighted by molar-refractivity contribution is 4.76. The van der Waals surface area contributed by atoms with Crippen molar-refractivity contribution >= 4 is 0 Å². The molecule has 0 N–H and O–H groups in total. The van der Waals surface area contributed by atoms with E-state index in [-0.39, 0.29) is 0 Å². The highest BCUT2D eigenvalue weighted by atomic mass is 15.2. The summed E-state index contributed by atoms with van der Waals surface area (Å²) in [5.74, 6) is 1.95. The first-order valence-electron chi connectivity index (χ1n) is 6.91. The summed E-state index contributed by atoms with van der Waals surface area (Å²) in [5, 5.41) is 0. The minimum absolute atomic E-state index is 0.801. The van der Waals surface area contributed by atoms with Crippen LogP contribution in [-0.2, 0) is 0 Å². The van der Waals surface area contributed by atoms with E-state index in [4.69, 9.17) is 0 Å². The summed E-state index contributed by atoms with van der Waals surface area (Å²) in [6.07, 6.45) is 7.00. The van der Waals surface area contributed by atoms with E-state index in [0.717, 1.165) is 17.9 Å². The maximum absolute atomic E-state index is 2.67. The molecule has 0 aromatic carbocycles. The third-order valence-electron chi connectivity index (χ3n) is 4.30. The molecule has 0 spiro atoms. The van der Waals surface area contributed by atoms with Crippen LogP contribution in [-0.4, -0.2) is 24.0 Å². The zero-order valence-corrected chi connectivity index (χ0v) is 11.1. The van der Waals surface area contributed by atoms with E-state index in [1.54, 1.807) is 0 Å². The fourth-order valence-electron chi connectivity index (χ4n) is 2.62. The molecule has 1 aliphatic rings. The summed E-state index contributed by atoms with van der Waals surface area (Å²) in [5.41, 5.74) is 0. The normalized spacial score (nSPS) is 24.0. The molecular weight excluding hydrogens is 182 g/mol. The van der Waals surface area contributed by atoms with Crippen LogP contribution >= 0.6 is 0 Å². The monoisotopic (exact) mass is 211 g/mol.